The van der Waals surface area contributed by atoms with E-state index in [1.165, 1.54) is 6.07 Å². The van der Waals surface area contributed by atoms with Crippen LogP contribution in [0.1, 0.15) is 18.9 Å². The lowest BCUT2D eigenvalue weighted by Crippen LogP contribution is -2.45. The van der Waals surface area contributed by atoms with Crippen molar-refractivity contribution in [1.29, 1.82) is 0 Å². The largest absolute Gasteiger partial charge is 0.386 e. The summed E-state index contributed by atoms with van der Waals surface area (Å²) in [6, 6.07) is 4.56. The van der Waals surface area contributed by atoms with Gasteiger partial charge in [-0.2, -0.15) is 0 Å². The molecule has 1 aliphatic heterocycles. The van der Waals surface area contributed by atoms with Gasteiger partial charge < -0.3 is 15.2 Å². The smallest absolute Gasteiger partial charge is 0.275 e. The maximum atomic E-state index is 11.0. The average molecular weight is 301 g/mol. The summed E-state index contributed by atoms with van der Waals surface area (Å²) in [5.41, 5.74) is -0.399. The topological polar surface area (TPSA) is 84.6 Å². The molecule has 2 atom stereocenters. The van der Waals surface area contributed by atoms with E-state index in [2.05, 4.69) is 5.32 Å². The summed E-state index contributed by atoms with van der Waals surface area (Å²) in [5, 5.41) is 24.7. The summed E-state index contributed by atoms with van der Waals surface area (Å²) >= 11 is 5.76. The van der Waals surface area contributed by atoms with Gasteiger partial charge in [-0.15, -0.1) is 0 Å². The summed E-state index contributed by atoms with van der Waals surface area (Å²) in [6.07, 6.45) is 0.319. The zero-order valence-corrected chi connectivity index (χ0v) is 11.9. The second-order valence-electron chi connectivity index (χ2n) is 5.00. The molecule has 0 saturated carbocycles. The molecule has 0 bridgehead atoms. The molecule has 20 heavy (non-hydrogen) atoms. The van der Waals surface area contributed by atoms with E-state index in [9.17, 15) is 15.2 Å². The summed E-state index contributed by atoms with van der Waals surface area (Å²) in [6.45, 7) is 2.97. The van der Waals surface area contributed by atoms with Gasteiger partial charge in [-0.25, -0.2) is 0 Å². The number of rotatable bonds is 5. The number of nitro groups is 1. The molecule has 1 heterocycles. The van der Waals surface area contributed by atoms with Crippen LogP contribution in [-0.2, 0) is 11.3 Å². The van der Waals surface area contributed by atoms with Crippen LogP contribution in [0.15, 0.2) is 18.2 Å². The molecular formula is C13H17ClN2O4. The number of nitrogens with one attached hydrogen (secondary N) is 1. The monoisotopic (exact) mass is 300 g/mol. The van der Waals surface area contributed by atoms with E-state index in [4.69, 9.17) is 16.3 Å². The van der Waals surface area contributed by atoms with E-state index in [0.29, 0.717) is 36.7 Å². The van der Waals surface area contributed by atoms with E-state index in [1.54, 1.807) is 12.1 Å². The van der Waals surface area contributed by atoms with Crippen molar-refractivity contribution >= 4 is 17.3 Å². The van der Waals surface area contributed by atoms with Crippen molar-refractivity contribution in [3.63, 3.8) is 0 Å². The van der Waals surface area contributed by atoms with Gasteiger partial charge in [0.2, 0.25) is 0 Å². The van der Waals surface area contributed by atoms with Crippen LogP contribution in [0, 0.1) is 10.1 Å². The number of aliphatic hydroxyl groups is 1. The molecule has 110 valence electrons. The third-order valence-electron chi connectivity index (χ3n) is 3.65. The lowest BCUT2D eigenvalue weighted by atomic mass is 9.96. The standard InChI is InChI=1S/C13H17ClN2O4/c1-9-13(17,4-5-20-9)8-15-7-10-2-3-11(14)6-12(10)16(18)19/h2-3,6,9,15,17H,4-5,7-8H2,1H3. The van der Waals surface area contributed by atoms with Gasteiger partial charge in [-0.05, 0) is 19.1 Å². The van der Waals surface area contributed by atoms with Crippen molar-refractivity contribution < 1.29 is 14.8 Å². The van der Waals surface area contributed by atoms with Crippen molar-refractivity contribution in [2.24, 2.45) is 0 Å². The molecule has 1 fully saturated rings. The first-order chi connectivity index (χ1) is 9.42. The first-order valence-electron chi connectivity index (χ1n) is 6.40. The molecule has 6 nitrogen and oxygen atoms in total. The van der Waals surface area contributed by atoms with Crippen LogP contribution in [0.4, 0.5) is 5.69 Å². The van der Waals surface area contributed by atoms with Gasteiger partial charge in [0.25, 0.3) is 5.69 Å². The average Bonchev–Trinajstić information content (AvgIpc) is 2.71. The molecule has 0 aromatic heterocycles. The summed E-state index contributed by atoms with van der Waals surface area (Å²) < 4.78 is 5.33. The predicted molar refractivity (Wildman–Crippen MR) is 74.8 cm³/mol. The van der Waals surface area contributed by atoms with Crippen molar-refractivity contribution in [3.05, 3.63) is 38.9 Å². The molecule has 2 unspecified atom stereocenters. The highest BCUT2D eigenvalue weighted by molar-refractivity contribution is 6.30. The molecule has 0 amide bonds. The number of benzene rings is 1. The Morgan fingerprint density at radius 2 is 2.40 bits per heavy atom. The maximum absolute atomic E-state index is 11.0. The van der Waals surface area contributed by atoms with Crippen LogP contribution in [0.25, 0.3) is 0 Å². The van der Waals surface area contributed by atoms with E-state index in [1.807, 2.05) is 6.92 Å². The Morgan fingerprint density at radius 1 is 1.65 bits per heavy atom. The second kappa shape index (κ2) is 6.05. The quantitative estimate of drug-likeness (QED) is 0.640. The molecular weight excluding hydrogens is 284 g/mol. The molecule has 2 N–H and O–H groups in total. The Balaban J connectivity index is 1.99. The van der Waals surface area contributed by atoms with E-state index < -0.39 is 10.5 Å². The lowest BCUT2D eigenvalue weighted by Gasteiger charge is -2.26. The molecule has 2 rings (SSSR count). The van der Waals surface area contributed by atoms with Crippen LogP contribution in [0.3, 0.4) is 0 Å². The Bertz CT molecular complexity index is 511. The molecule has 1 aromatic carbocycles. The number of hydrogen-bond acceptors (Lipinski definition) is 5. The normalized spacial score (nSPS) is 25.9. The van der Waals surface area contributed by atoms with Gasteiger partial charge in [0, 0.05) is 42.8 Å². The fourth-order valence-electron chi connectivity index (χ4n) is 2.27. The summed E-state index contributed by atoms with van der Waals surface area (Å²) in [5.74, 6) is 0. The lowest BCUT2D eigenvalue weighted by molar-refractivity contribution is -0.385. The number of hydrogen-bond donors (Lipinski definition) is 2. The zero-order valence-electron chi connectivity index (χ0n) is 11.1. The summed E-state index contributed by atoms with van der Waals surface area (Å²) in [4.78, 5) is 10.5. The first kappa shape index (κ1) is 15.2. The number of ether oxygens (including phenoxy) is 1. The van der Waals surface area contributed by atoms with Gasteiger partial charge in [-0.1, -0.05) is 11.6 Å². The van der Waals surface area contributed by atoms with Crippen molar-refractivity contribution in [2.75, 3.05) is 13.2 Å². The van der Waals surface area contributed by atoms with Crippen LogP contribution < -0.4 is 5.32 Å². The molecule has 1 saturated heterocycles. The molecule has 0 spiro atoms. The third-order valence-corrected chi connectivity index (χ3v) is 3.89. The van der Waals surface area contributed by atoms with Gasteiger partial charge in [0.05, 0.1) is 11.0 Å². The fourth-order valence-corrected chi connectivity index (χ4v) is 2.44. The molecule has 1 aliphatic rings. The molecule has 7 heteroatoms. The van der Waals surface area contributed by atoms with Gasteiger partial charge in [0.1, 0.15) is 5.60 Å². The molecule has 0 aliphatic carbocycles. The van der Waals surface area contributed by atoms with Gasteiger partial charge >= 0.3 is 0 Å². The number of halogens is 1. The van der Waals surface area contributed by atoms with Crippen LogP contribution in [0.2, 0.25) is 5.02 Å². The minimum absolute atomic E-state index is 0.0206. The van der Waals surface area contributed by atoms with E-state index in [0.717, 1.165) is 0 Å². The minimum atomic E-state index is -0.915. The van der Waals surface area contributed by atoms with Gasteiger partial charge in [0.15, 0.2) is 0 Å². The highest BCUT2D eigenvalue weighted by Gasteiger charge is 2.39. The van der Waals surface area contributed by atoms with Gasteiger partial charge in [-0.3, -0.25) is 10.1 Å². The third kappa shape index (κ3) is 3.27. The van der Waals surface area contributed by atoms with E-state index >= 15 is 0 Å². The fraction of sp³-hybridized carbons (Fsp3) is 0.538. The first-order valence-corrected chi connectivity index (χ1v) is 6.78. The highest BCUT2D eigenvalue weighted by atomic mass is 35.5. The zero-order chi connectivity index (χ0) is 14.8. The summed E-state index contributed by atoms with van der Waals surface area (Å²) in [7, 11) is 0. The molecule has 1 aromatic rings. The van der Waals surface area contributed by atoms with E-state index in [-0.39, 0.29) is 11.8 Å². The number of nitrogens with zero attached hydrogens (tertiary/aromatic N) is 1. The minimum Gasteiger partial charge on any atom is -0.386 e. The highest BCUT2D eigenvalue weighted by Crippen LogP contribution is 2.26. The Labute approximate surface area is 121 Å². The van der Waals surface area contributed by atoms with Crippen LogP contribution in [-0.4, -0.2) is 34.9 Å². The van der Waals surface area contributed by atoms with Crippen molar-refractivity contribution in [1.82, 2.24) is 5.32 Å². The second-order valence-corrected chi connectivity index (χ2v) is 5.44. The Morgan fingerprint density at radius 3 is 3.00 bits per heavy atom. The molecule has 0 radical (unpaired) electrons. The SMILES string of the molecule is CC1OCCC1(O)CNCc1ccc(Cl)cc1[N+](=O)[O-]. The van der Waals surface area contributed by atoms with Crippen molar-refractivity contribution in [2.45, 2.75) is 31.6 Å². The van der Waals surface area contributed by atoms with Crippen molar-refractivity contribution in [3.8, 4) is 0 Å². The number of nitro benzene ring substituents is 1. The predicted octanol–water partition coefficient (Wildman–Crippen LogP) is 1.88. The van der Waals surface area contributed by atoms with Crippen LogP contribution >= 0.6 is 11.6 Å². The van der Waals surface area contributed by atoms with Crippen LogP contribution in [0.5, 0.6) is 0 Å². The maximum Gasteiger partial charge on any atom is 0.275 e. The Kier molecular flexibility index (Phi) is 4.59. The Hall–Kier alpha value is -1.21.